The summed E-state index contributed by atoms with van der Waals surface area (Å²) in [5, 5.41) is 16.2. The molecule has 8 nitrogen and oxygen atoms in total. The zero-order valence-corrected chi connectivity index (χ0v) is 19.3. The van der Waals surface area contributed by atoms with Crippen LogP contribution in [-0.2, 0) is 19.1 Å². The highest BCUT2D eigenvalue weighted by Gasteiger charge is 2.61. The summed E-state index contributed by atoms with van der Waals surface area (Å²) in [6.07, 6.45) is -5.47. The van der Waals surface area contributed by atoms with Gasteiger partial charge in [0.05, 0.1) is 28.9 Å². The van der Waals surface area contributed by atoms with Gasteiger partial charge in [-0.25, -0.2) is 4.39 Å². The number of benzene rings is 1. The number of fused-ring (bicyclic) bond motifs is 2. The number of amides is 2. The second-order valence-electron chi connectivity index (χ2n) is 9.38. The van der Waals surface area contributed by atoms with Crippen LogP contribution in [0.3, 0.4) is 0 Å². The van der Waals surface area contributed by atoms with Crippen LogP contribution in [0.1, 0.15) is 38.5 Å². The SMILES string of the molecule is O=C(CO[C@H]1C[C@@H](OC(F)(F)F)C1)NC12CCC(NC(=O)COc3ccc(Cl)c(F)c3)(C1)[C@@H](O)C2. The van der Waals surface area contributed by atoms with Gasteiger partial charge < -0.3 is 25.2 Å². The molecular formula is C22H25ClF4N2O6. The number of aliphatic hydroxyl groups excluding tert-OH is 1. The van der Waals surface area contributed by atoms with E-state index in [1.165, 1.54) is 12.1 Å². The topological polar surface area (TPSA) is 106 Å². The van der Waals surface area contributed by atoms with Crippen molar-refractivity contribution < 1.29 is 46.5 Å². The lowest BCUT2D eigenvalue weighted by molar-refractivity contribution is -0.357. The summed E-state index contributed by atoms with van der Waals surface area (Å²) in [4.78, 5) is 24.9. The van der Waals surface area contributed by atoms with Crippen LogP contribution >= 0.6 is 11.6 Å². The van der Waals surface area contributed by atoms with Gasteiger partial charge in [0.1, 0.15) is 18.2 Å². The summed E-state index contributed by atoms with van der Waals surface area (Å²) in [6.45, 7) is -0.727. The molecule has 0 aromatic heterocycles. The fourth-order valence-corrected chi connectivity index (χ4v) is 5.23. The van der Waals surface area contributed by atoms with E-state index in [0.717, 1.165) is 6.07 Å². The largest absolute Gasteiger partial charge is 0.522 e. The van der Waals surface area contributed by atoms with E-state index >= 15 is 0 Å². The number of alkyl halides is 3. The monoisotopic (exact) mass is 524 g/mol. The highest BCUT2D eigenvalue weighted by atomic mass is 35.5. The fourth-order valence-electron chi connectivity index (χ4n) is 5.11. The van der Waals surface area contributed by atoms with Crippen LogP contribution in [0.5, 0.6) is 5.75 Å². The minimum absolute atomic E-state index is 0.0521. The quantitative estimate of drug-likeness (QED) is 0.429. The lowest BCUT2D eigenvalue weighted by Crippen LogP contribution is -2.54. The van der Waals surface area contributed by atoms with Crippen LogP contribution in [0.2, 0.25) is 5.02 Å². The number of nitrogens with one attached hydrogen (secondary N) is 2. The average Bonchev–Trinajstić information content (AvgIpc) is 3.20. The van der Waals surface area contributed by atoms with Gasteiger partial charge in [-0.2, -0.15) is 0 Å². The Hall–Kier alpha value is -2.15. The maximum Gasteiger partial charge on any atom is 0.522 e. The summed E-state index contributed by atoms with van der Waals surface area (Å²) < 4.78 is 64.6. The number of aliphatic hydroxyl groups is 1. The van der Waals surface area contributed by atoms with Gasteiger partial charge in [0, 0.05) is 24.4 Å². The van der Waals surface area contributed by atoms with Crippen LogP contribution in [0, 0.1) is 5.82 Å². The van der Waals surface area contributed by atoms with E-state index in [-0.39, 0.29) is 36.6 Å². The maximum atomic E-state index is 13.5. The van der Waals surface area contributed by atoms with Crippen LogP contribution in [-0.4, -0.2) is 65.9 Å². The first-order valence-corrected chi connectivity index (χ1v) is 11.5. The summed E-state index contributed by atoms with van der Waals surface area (Å²) in [5.74, 6) is -1.51. The molecule has 3 atom stereocenters. The van der Waals surface area contributed by atoms with E-state index in [1.807, 2.05) is 0 Å². The number of hydrogen-bond acceptors (Lipinski definition) is 6. The van der Waals surface area contributed by atoms with E-state index in [4.69, 9.17) is 21.1 Å². The molecule has 3 aliphatic rings. The van der Waals surface area contributed by atoms with Gasteiger partial charge in [-0.1, -0.05) is 11.6 Å². The maximum absolute atomic E-state index is 13.5. The molecule has 2 bridgehead atoms. The molecule has 13 heteroatoms. The van der Waals surface area contributed by atoms with Gasteiger partial charge in [-0.05, 0) is 37.8 Å². The van der Waals surface area contributed by atoms with Crippen molar-refractivity contribution in [2.45, 2.75) is 74.3 Å². The van der Waals surface area contributed by atoms with Crippen molar-refractivity contribution in [3.05, 3.63) is 29.0 Å². The Kier molecular flexibility index (Phi) is 7.20. The number of carbonyl (C=O) groups is 2. The van der Waals surface area contributed by atoms with Crippen molar-refractivity contribution in [1.82, 2.24) is 10.6 Å². The van der Waals surface area contributed by atoms with Crippen LogP contribution in [0.15, 0.2) is 18.2 Å². The number of rotatable bonds is 9. The molecule has 2 unspecified atom stereocenters. The Morgan fingerprint density at radius 3 is 2.49 bits per heavy atom. The Balaban J connectivity index is 1.22. The number of carbonyl (C=O) groups excluding carboxylic acids is 2. The Morgan fingerprint density at radius 2 is 1.83 bits per heavy atom. The van der Waals surface area contributed by atoms with Crippen molar-refractivity contribution in [2.75, 3.05) is 13.2 Å². The van der Waals surface area contributed by atoms with Crippen LogP contribution < -0.4 is 15.4 Å². The number of halogens is 5. The Labute approximate surface area is 203 Å². The summed E-state index contributed by atoms with van der Waals surface area (Å²) in [6, 6.07) is 3.79. The average molecular weight is 525 g/mol. The van der Waals surface area contributed by atoms with Crippen molar-refractivity contribution in [3.63, 3.8) is 0 Å². The Morgan fingerprint density at radius 1 is 1.11 bits per heavy atom. The first-order chi connectivity index (χ1) is 16.4. The number of hydrogen-bond donors (Lipinski definition) is 3. The van der Waals surface area contributed by atoms with Gasteiger partial charge in [0.2, 0.25) is 5.91 Å². The minimum Gasteiger partial charge on any atom is -0.484 e. The molecule has 194 valence electrons. The zero-order chi connectivity index (χ0) is 25.4. The van der Waals surface area contributed by atoms with Crippen LogP contribution in [0.4, 0.5) is 17.6 Å². The smallest absolute Gasteiger partial charge is 0.484 e. The third kappa shape index (κ3) is 6.16. The predicted octanol–water partition coefficient (Wildman–Crippen LogP) is 2.60. The molecule has 1 aromatic carbocycles. The molecule has 3 N–H and O–H groups in total. The summed E-state index contributed by atoms with van der Waals surface area (Å²) >= 11 is 5.62. The van der Waals surface area contributed by atoms with Crippen LogP contribution in [0.25, 0.3) is 0 Å². The molecule has 0 saturated heterocycles. The third-order valence-corrected chi connectivity index (χ3v) is 7.09. The minimum atomic E-state index is -4.69. The second-order valence-corrected chi connectivity index (χ2v) is 9.79. The molecule has 0 aliphatic heterocycles. The molecule has 0 spiro atoms. The molecule has 3 saturated carbocycles. The summed E-state index contributed by atoms with van der Waals surface area (Å²) in [7, 11) is 0. The highest BCUT2D eigenvalue weighted by Crippen LogP contribution is 2.50. The second kappa shape index (κ2) is 9.72. The molecule has 0 radical (unpaired) electrons. The van der Waals surface area contributed by atoms with Gasteiger partial charge >= 0.3 is 6.36 Å². The van der Waals surface area contributed by atoms with Gasteiger partial charge in [-0.3, -0.25) is 14.3 Å². The normalized spacial score (nSPS) is 31.7. The van der Waals surface area contributed by atoms with E-state index in [9.17, 15) is 32.3 Å². The molecule has 3 aliphatic carbocycles. The van der Waals surface area contributed by atoms with E-state index in [1.54, 1.807) is 0 Å². The lowest BCUT2D eigenvalue weighted by atomic mass is 9.88. The first kappa shape index (κ1) is 25.9. The van der Waals surface area contributed by atoms with Gasteiger partial charge in [0.15, 0.2) is 6.61 Å². The van der Waals surface area contributed by atoms with Crippen molar-refractivity contribution in [1.29, 1.82) is 0 Å². The molecule has 2 amide bonds. The summed E-state index contributed by atoms with van der Waals surface area (Å²) in [5.41, 5.74) is -1.66. The molecular weight excluding hydrogens is 500 g/mol. The van der Waals surface area contributed by atoms with E-state index in [0.29, 0.717) is 19.3 Å². The first-order valence-electron chi connectivity index (χ1n) is 11.1. The molecule has 3 fully saturated rings. The van der Waals surface area contributed by atoms with Gasteiger partial charge in [0.25, 0.3) is 5.91 Å². The fraction of sp³-hybridized carbons (Fsp3) is 0.636. The van der Waals surface area contributed by atoms with Gasteiger partial charge in [-0.15, -0.1) is 13.2 Å². The molecule has 0 heterocycles. The van der Waals surface area contributed by atoms with Crippen molar-refractivity contribution >= 4 is 23.4 Å². The van der Waals surface area contributed by atoms with Crippen molar-refractivity contribution in [3.8, 4) is 5.75 Å². The highest BCUT2D eigenvalue weighted by molar-refractivity contribution is 6.30. The lowest BCUT2D eigenvalue weighted by Gasteiger charge is -2.35. The third-order valence-electron chi connectivity index (χ3n) is 6.78. The zero-order valence-electron chi connectivity index (χ0n) is 18.5. The molecule has 1 aromatic rings. The molecule has 35 heavy (non-hydrogen) atoms. The Bertz CT molecular complexity index is 976. The number of ether oxygens (including phenoxy) is 3. The van der Waals surface area contributed by atoms with E-state index < -0.39 is 60.0 Å². The van der Waals surface area contributed by atoms with E-state index in [2.05, 4.69) is 15.4 Å². The van der Waals surface area contributed by atoms with Crippen molar-refractivity contribution in [2.24, 2.45) is 0 Å². The predicted molar refractivity (Wildman–Crippen MR) is 113 cm³/mol. The molecule has 4 rings (SSSR count). The standard InChI is InChI=1S/C22H25ClF4N2O6/c23-15-2-1-12(7-16(15)24)33-10-19(32)29-21-4-3-20(11-21,8-17(21)30)28-18(31)9-34-13-5-14(6-13)35-22(25,26)27/h1-2,7,13-14,17,30H,3-6,8-11H2,(H,28,31)(H,29,32)/t13-,14+,17-,20?,21?/m0/s1.